The number of carbonyl (C=O) groups is 1. The van der Waals surface area contributed by atoms with Crippen molar-refractivity contribution in [2.45, 2.75) is 25.8 Å². The molecule has 1 N–H and O–H groups in total. The van der Waals surface area contributed by atoms with Crippen molar-refractivity contribution in [3.05, 3.63) is 22.4 Å². The molecule has 4 heteroatoms. The summed E-state index contributed by atoms with van der Waals surface area (Å²) in [4.78, 5) is 15.2. The number of carbonyl (C=O) groups excluding carboxylic acids is 1. The number of aryl methyl sites for hydroxylation is 1. The molecular formula is C12H18N2OS. The third-order valence-electron chi connectivity index (χ3n) is 2.89. The van der Waals surface area contributed by atoms with Gasteiger partial charge in [-0.25, -0.2) is 0 Å². The largest absolute Gasteiger partial charge is 0.340 e. The normalized spacial score (nSPS) is 21.1. The van der Waals surface area contributed by atoms with Crippen LogP contribution in [0, 0.1) is 0 Å². The summed E-state index contributed by atoms with van der Waals surface area (Å²) < 4.78 is 0. The lowest BCUT2D eigenvalue weighted by atomic mass is 10.2. The minimum atomic E-state index is 0.293. The molecule has 0 saturated carbocycles. The molecule has 1 aliphatic heterocycles. The Hall–Kier alpha value is -0.870. The zero-order valence-corrected chi connectivity index (χ0v) is 10.4. The van der Waals surface area contributed by atoms with Gasteiger partial charge in [0.25, 0.3) is 0 Å². The van der Waals surface area contributed by atoms with Gasteiger partial charge >= 0.3 is 0 Å². The summed E-state index contributed by atoms with van der Waals surface area (Å²) in [6, 6.07) is 4.56. The number of rotatable bonds is 3. The first-order valence-electron chi connectivity index (χ1n) is 5.79. The molecule has 1 saturated heterocycles. The van der Waals surface area contributed by atoms with Gasteiger partial charge in [0.2, 0.25) is 5.91 Å². The number of hydrogen-bond acceptors (Lipinski definition) is 3. The standard InChI is InChI=1S/C12H18N2OS/c1-10-9-14(7-6-13-10)12(15)5-4-11-3-2-8-16-11/h2-3,8,10,13H,4-7,9H2,1H3. The molecule has 3 nitrogen and oxygen atoms in total. The van der Waals surface area contributed by atoms with Crippen LogP contribution in [0.3, 0.4) is 0 Å². The molecule has 0 aromatic carbocycles. The van der Waals surface area contributed by atoms with Gasteiger partial charge in [-0.05, 0) is 24.8 Å². The fourth-order valence-electron chi connectivity index (χ4n) is 2.00. The van der Waals surface area contributed by atoms with Gasteiger partial charge in [-0.3, -0.25) is 4.79 Å². The molecule has 0 bridgehead atoms. The van der Waals surface area contributed by atoms with Crippen LogP contribution in [0.1, 0.15) is 18.2 Å². The van der Waals surface area contributed by atoms with Crippen LogP contribution in [-0.2, 0) is 11.2 Å². The fraction of sp³-hybridized carbons (Fsp3) is 0.583. The minimum Gasteiger partial charge on any atom is -0.340 e. The van der Waals surface area contributed by atoms with Crippen LogP contribution in [0.15, 0.2) is 17.5 Å². The number of nitrogens with zero attached hydrogens (tertiary/aromatic N) is 1. The maximum absolute atomic E-state index is 11.9. The molecule has 1 aliphatic rings. The van der Waals surface area contributed by atoms with Crippen LogP contribution in [-0.4, -0.2) is 36.5 Å². The van der Waals surface area contributed by atoms with Crippen molar-refractivity contribution in [1.29, 1.82) is 0 Å². The van der Waals surface area contributed by atoms with Crippen LogP contribution < -0.4 is 5.32 Å². The highest BCUT2D eigenvalue weighted by molar-refractivity contribution is 7.09. The van der Waals surface area contributed by atoms with Gasteiger partial charge in [-0.15, -0.1) is 11.3 Å². The van der Waals surface area contributed by atoms with E-state index in [1.54, 1.807) is 11.3 Å². The number of piperazine rings is 1. The Labute approximate surface area is 100 Å². The molecule has 1 unspecified atom stereocenters. The second-order valence-corrected chi connectivity index (χ2v) is 5.31. The molecule has 1 aromatic heterocycles. The van der Waals surface area contributed by atoms with E-state index in [0.29, 0.717) is 18.4 Å². The van der Waals surface area contributed by atoms with E-state index in [1.807, 2.05) is 11.0 Å². The minimum absolute atomic E-state index is 0.293. The maximum atomic E-state index is 11.9. The van der Waals surface area contributed by atoms with Crippen molar-refractivity contribution in [2.75, 3.05) is 19.6 Å². The van der Waals surface area contributed by atoms with Crippen LogP contribution in [0.2, 0.25) is 0 Å². The second-order valence-electron chi connectivity index (χ2n) is 4.27. The summed E-state index contributed by atoms with van der Waals surface area (Å²) in [6.45, 7) is 4.75. The van der Waals surface area contributed by atoms with Gasteiger partial charge in [0.05, 0.1) is 0 Å². The van der Waals surface area contributed by atoms with E-state index >= 15 is 0 Å². The topological polar surface area (TPSA) is 32.3 Å². The first-order chi connectivity index (χ1) is 7.75. The third kappa shape index (κ3) is 3.06. The molecule has 2 rings (SSSR count). The second kappa shape index (κ2) is 5.46. The highest BCUT2D eigenvalue weighted by Gasteiger charge is 2.19. The Balaban J connectivity index is 1.79. The summed E-state index contributed by atoms with van der Waals surface area (Å²) >= 11 is 1.73. The summed E-state index contributed by atoms with van der Waals surface area (Å²) in [5, 5.41) is 5.41. The first kappa shape index (κ1) is 11.6. The Kier molecular flexibility index (Phi) is 3.96. The van der Waals surface area contributed by atoms with Crippen LogP contribution in [0.4, 0.5) is 0 Å². The average Bonchev–Trinajstić information content (AvgIpc) is 2.78. The smallest absolute Gasteiger partial charge is 0.223 e. The Morgan fingerprint density at radius 2 is 2.56 bits per heavy atom. The monoisotopic (exact) mass is 238 g/mol. The van der Waals surface area contributed by atoms with Gasteiger partial charge in [0, 0.05) is 37.0 Å². The van der Waals surface area contributed by atoms with Gasteiger partial charge < -0.3 is 10.2 Å². The molecular weight excluding hydrogens is 220 g/mol. The molecule has 2 heterocycles. The zero-order chi connectivity index (χ0) is 11.4. The molecule has 1 aromatic rings. The summed E-state index contributed by atoms with van der Waals surface area (Å²) in [7, 11) is 0. The predicted molar refractivity (Wildman–Crippen MR) is 66.7 cm³/mol. The molecule has 1 amide bonds. The van der Waals surface area contributed by atoms with Gasteiger partial charge in [0.15, 0.2) is 0 Å². The summed E-state index contributed by atoms with van der Waals surface area (Å²) in [6.07, 6.45) is 1.53. The summed E-state index contributed by atoms with van der Waals surface area (Å²) in [5.74, 6) is 0.293. The number of thiophene rings is 1. The number of hydrogen-bond donors (Lipinski definition) is 1. The highest BCUT2D eigenvalue weighted by atomic mass is 32.1. The van der Waals surface area contributed by atoms with E-state index in [0.717, 1.165) is 26.1 Å². The highest BCUT2D eigenvalue weighted by Crippen LogP contribution is 2.12. The van der Waals surface area contributed by atoms with E-state index in [1.165, 1.54) is 4.88 Å². The van der Waals surface area contributed by atoms with Crippen molar-refractivity contribution in [3.8, 4) is 0 Å². The van der Waals surface area contributed by atoms with Crippen LogP contribution >= 0.6 is 11.3 Å². The number of amides is 1. The lowest BCUT2D eigenvalue weighted by Gasteiger charge is -2.31. The van der Waals surface area contributed by atoms with E-state index in [-0.39, 0.29) is 0 Å². The zero-order valence-electron chi connectivity index (χ0n) is 9.61. The molecule has 1 atom stereocenters. The number of nitrogens with one attached hydrogen (secondary N) is 1. The van der Waals surface area contributed by atoms with Gasteiger partial charge in [-0.1, -0.05) is 6.07 Å². The lowest BCUT2D eigenvalue weighted by molar-refractivity contribution is -0.132. The van der Waals surface area contributed by atoms with E-state index in [4.69, 9.17) is 0 Å². The van der Waals surface area contributed by atoms with Crippen molar-refractivity contribution in [1.82, 2.24) is 10.2 Å². The Morgan fingerprint density at radius 1 is 1.69 bits per heavy atom. The quantitative estimate of drug-likeness (QED) is 0.865. The molecule has 0 aliphatic carbocycles. The van der Waals surface area contributed by atoms with E-state index in [9.17, 15) is 4.79 Å². The third-order valence-corrected chi connectivity index (χ3v) is 3.82. The average molecular weight is 238 g/mol. The van der Waals surface area contributed by atoms with Gasteiger partial charge in [-0.2, -0.15) is 0 Å². The van der Waals surface area contributed by atoms with Crippen molar-refractivity contribution in [3.63, 3.8) is 0 Å². The van der Waals surface area contributed by atoms with Gasteiger partial charge in [0.1, 0.15) is 0 Å². The molecule has 0 spiro atoms. The lowest BCUT2D eigenvalue weighted by Crippen LogP contribution is -2.51. The first-order valence-corrected chi connectivity index (χ1v) is 6.67. The maximum Gasteiger partial charge on any atom is 0.223 e. The summed E-state index contributed by atoms with van der Waals surface area (Å²) in [5.41, 5.74) is 0. The SMILES string of the molecule is CC1CN(C(=O)CCc2cccs2)CCN1. The van der Waals surface area contributed by atoms with E-state index < -0.39 is 0 Å². The predicted octanol–water partition coefficient (Wildman–Crippen LogP) is 1.50. The van der Waals surface area contributed by atoms with Crippen molar-refractivity contribution >= 4 is 17.2 Å². The molecule has 16 heavy (non-hydrogen) atoms. The molecule has 1 fully saturated rings. The molecule has 0 radical (unpaired) electrons. The Bertz CT molecular complexity index is 337. The van der Waals surface area contributed by atoms with Crippen molar-refractivity contribution < 1.29 is 4.79 Å². The van der Waals surface area contributed by atoms with E-state index in [2.05, 4.69) is 23.7 Å². The fourth-order valence-corrected chi connectivity index (χ4v) is 2.71. The van der Waals surface area contributed by atoms with Crippen molar-refractivity contribution in [2.24, 2.45) is 0 Å². The molecule has 88 valence electrons. The van der Waals surface area contributed by atoms with Crippen LogP contribution in [0.25, 0.3) is 0 Å². The Morgan fingerprint density at radius 3 is 3.25 bits per heavy atom. The van der Waals surface area contributed by atoms with Crippen LogP contribution in [0.5, 0.6) is 0 Å².